The highest BCUT2D eigenvalue weighted by Crippen LogP contribution is 2.39. The Morgan fingerprint density at radius 1 is 1.03 bits per heavy atom. The van der Waals surface area contributed by atoms with E-state index in [1.54, 1.807) is 7.11 Å². The summed E-state index contributed by atoms with van der Waals surface area (Å²) in [6.45, 7) is 5.33. The summed E-state index contributed by atoms with van der Waals surface area (Å²) in [7, 11) is 3.79. The molecule has 4 heterocycles. The van der Waals surface area contributed by atoms with E-state index in [1.165, 1.54) is 6.33 Å². The molecule has 0 amide bonds. The smallest absolute Gasteiger partial charge is 0.164 e. The molecule has 3 aliphatic heterocycles. The first-order valence-electron chi connectivity index (χ1n) is 12.4. The van der Waals surface area contributed by atoms with Gasteiger partial charge in [-0.1, -0.05) is 11.6 Å². The largest absolute Gasteiger partial charge is 0.493 e. The molecule has 0 saturated carbocycles. The molecule has 0 bridgehead atoms. The Balaban J connectivity index is 1.21. The average molecular weight is 591 g/mol. The van der Waals surface area contributed by atoms with E-state index in [2.05, 4.69) is 48.1 Å². The molecule has 3 aliphatic rings. The van der Waals surface area contributed by atoms with Crippen LogP contribution in [0.4, 0.5) is 11.5 Å². The highest BCUT2D eigenvalue weighted by Gasteiger charge is 2.51. The molecule has 3 saturated heterocycles. The number of methoxy groups -OCH3 is 1. The van der Waals surface area contributed by atoms with Crippen molar-refractivity contribution in [2.24, 2.45) is 0 Å². The van der Waals surface area contributed by atoms with Crippen molar-refractivity contribution in [3.05, 3.63) is 46.2 Å². The van der Waals surface area contributed by atoms with Gasteiger partial charge < -0.3 is 29.2 Å². The van der Waals surface area contributed by atoms with E-state index in [0.29, 0.717) is 35.6 Å². The molecule has 0 aliphatic carbocycles. The molecule has 2 aromatic carbocycles. The van der Waals surface area contributed by atoms with Crippen LogP contribution in [0.5, 0.6) is 11.5 Å². The molecular weight excluding hydrogens is 562 g/mol. The van der Waals surface area contributed by atoms with Crippen LogP contribution in [0.2, 0.25) is 5.02 Å². The molecule has 196 valence electrons. The number of rotatable bonds is 6. The van der Waals surface area contributed by atoms with Crippen molar-refractivity contribution in [3.8, 4) is 11.5 Å². The van der Waals surface area contributed by atoms with Gasteiger partial charge in [0.25, 0.3) is 0 Å². The Hall–Kier alpha value is -2.21. The molecule has 1 N–H and O–H groups in total. The van der Waals surface area contributed by atoms with Crippen molar-refractivity contribution in [3.63, 3.8) is 0 Å². The van der Waals surface area contributed by atoms with Crippen LogP contribution in [0.3, 0.4) is 0 Å². The van der Waals surface area contributed by atoms with Crippen LogP contribution in [0, 0.1) is 0 Å². The van der Waals surface area contributed by atoms with E-state index in [0.717, 1.165) is 47.2 Å². The zero-order valence-electron chi connectivity index (χ0n) is 20.7. The highest BCUT2D eigenvalue weighted by atomic mass is 79.9. The molecule has 11 heteroatoms. The number of nitrogens with zero attached hydrogens (tertiary/aromatic N) is 4. The summed E-state index contributed by atoms with van der Waals surface area (Å²) in [6, 6.07) is 9.68. The van der Waals surface area contributed by atoms with E-state index >= 15 is 0 Å². The molecule has 0 spiro atoms. The Morgan fingerprint density at radius 2 is 1.84 bits per heavy atom. The van der Waals surface area contributed by atoms with Crippen LogP contribution in [0.25, 0.3) is 10.9 Å². The van der Waals surface area contributed by atoms with Crippen molar-refractivity contribution >= 4 is 49.9 Å². The number of ether oxygens (including phenoxy) is 4. The molecule has 37 heavy (non-hydrogen) atoms. The number of nitrogens with one attached hydrogen (secondary N) is 1. The molecule has 3 fully saturated rings. The predicted octanol–water partition coefficient (Wildman–Crippen LogP) is 3.96. The SMILES string of the molecule is COc1cc2c(Nc3ccc(Br)c(Cl)c3)ncnc2cc1O[C@@H]1CO[C@@H]2[C@H]1OC[C@H]2N1CCN(C)CC1. The van der Waals surface area contributed by atoms with E-state index in [9.17, 15) is 0 Å². The van der Waals surface area contributed by atoms with Crippen LogP contribution in [-0.2, 0) is 9.47 Å². The number of hydrogen-bond acceptors (Lipinski definition) is 9. The quantitative estimate of drug-likeness (QED) is 0.459. The second kappa shape index (κ2) is 10.5. The van der Waals surface area contributed by atoms with Gasteiger partial charge in [-0.3, -0.25) is 4.90 Å². The minimum atomic E-state index is -0.224. The van der Waals surface area contributed by atoms with Crippen LogP contribution in [-0.4, -0.2) is 97.7 Å². The zero-order valence-corrected chi connectivity index (χ0v) is 23.0. The van der Waals surface area contributed by atoms with E-state index < -0.39 is 0 Å². The van der Waals surface area contributed by atoms with Gasteiger partial charge in [0.15, 0.2) is 17.6 Å². The molecule has 6 rings (SSSR count). The summed E-state index contributed by atoms with van der Waals surface area (Å²) < 4.78 is 25.4. The van der Waals surface area contributed by atoms with Gasteiger partial charge in [0.2, 0.25) is 0 Å². The number of anilines is 2. The van der Waals surface area contributed by atoms with E-state index in [1.807, 2.05) is 30.3 Å². The van der Waals surface area contributed by atoms with Crippen LogP contribution < -0.4 is 14.8 Å². The summed E-state index contributed by atoms with van der Waals surface area (Å²) >= 11 is 9.69. The molecule has 3 aromatic rings. The van der Waals surface area contributed by atoms with Crippen LogP contribution in [0.15, 0.2) is 41.1 Å². The van der Waals surface area contributed by atoms with Gasteiger partial charge in [0.05, 0.1) is 36.9 Å². The number of halogens is 2. The summed E-state index contributed by atoms with van der Waals surface area (Å²) in [6.07, 6.45) is 1.19. The van der Waals surface area contributed by atoms with Gasteiger partial charge in [-0.25, -0.2) is 9.97 Å². The van der Waals surface area contributed by atoms with Gasteiger partial charge >= 0.3 is 0 Å². The lowest BCUT2D eigenvalue weighted by atomic mass is 10.1. The van der Waals surface area contributed by atoms with E-state index in [4.69, 9.17) is 30.5 Å². The number of benzene rings is 2. The first-order chi connectivity index (χ1) is 18.0. The number of fused-ring (bicyclic) bond motifs is 2. The molecule has 9 nitrogen and oxygen atoms in total. The van der Waals surface area contributed by atoms with Gasteiger partial charge in [0.1, 0.15) is 24.4 Å². The van der Waals surface area contributed by atoms with Gasteiger partial charge in [-0.2, -0.15) is 0 Å². The maximum atomic E-state index is 6.45. The first kappa shape index (κ1) is 25.1. The van der Waals surface area contributed by atoms with Crippen molar-refractivity contribution in [2.45, 2.75) is 24.4 Å². The third-order valence-electron chi connectivity index (χ3n) is 7.37. The lowest BCUT2D eigenvalue weighted by Gasteiger charge is -2.37. The van der Waals surface area contributed by atoms with Gasteiger partial charge in [0, 0.05) is 47.8 Å². The summed E-state index contributed by atoms with van der Waals surface area (Å²) in [5.41, 5.74) is 1.55. The topological polar surface area (TPSA) is 81.2 Å². The monoisotopic (exact) mass is 589 g/mol. The summed E-state index contributed by atoms with van der Waals surface area (Å²) in [5, 5.41) is 4.74. The number of likely N-dealkylation sites (N-methyl/N-ethyl adjacent to an activating group) is 1. The summed E-state index contributed by atoms with van der Waals surface area (Å²) in [5.74, 6) is 1.84. The fourth-order valence-electron chi connectivity index (χ4n) is 5.30. The first-order valence-corrected chi connectivity index (χ1v) is 13.5. The number of aromatic nitrogens is 2. The molecule has 0 unspecified atom stereocenters. The van der Waals surface area contributed by atoms with Crippen molar-refractivity contribution in [1.82, 2.24) is 19.8 Å². The van der Waals surface area contributed by atoms with E-state index in [-0.39, 0.29) is 24.4 Å². The van der Waals surface area contributed by atoms with Gasteiger partial charge in [-0.05, 0) is 47.2 Å². The second-order valence-corrected chi connectivity index (χ2v) is 10.9. The van der Waals surface area contributed by atoms with Crippen molar-refractivity contribution in [1.29, 1.82) is 0 Å². The number of hydrogen-bond donors (Lipinski definition) is 1. The summed E-state index contributed by atoms with van der Waals surface area (Å²) in [4.78, 5) is 13.8. The maximum Gasteiger partial charge on any atom is 0.164 e. The standard InChI is InChI=1S/C26H29BrClN5O4/c1-32-5-7-33(8-6-32)20-12-35-25-23(13-36-24(20)25)37-22-11-19-16(10-21(22)34-2)26(30-14-29-19)31-15-3-4-17(27)18(28)9-15/h3-4,9-11,14,20,23-25H,5-8,12-13H2,1-2H3,(H,29,30,31)/t20-,23-,24+,25+/m1/s1. The van der Waals surface area contributed by atoms with Gasteiger partial charge in [-0.15, -0.1) is 0 Å². The Kier molecular flexibility index (Phi) is 7.13. The normalized spacial score (nSPS) is 26.4. The third-order valence-corrected chi connectivity index (χ3v) is 8.60. The minimum absolute atomic E-state index is 0.00992. The maximum absolute atomic E-state index is 6.45. The fraction of sp³-hybridized carbons (Fsp3) is 0.462. The van der Waals surface area contributed by atoms with Crippen molar-refractivity contribution < 1.29 is 18.9 Å². The minimum Gasteiger partial charge on any atom is -0.493 e. The average Bonchev–Trinajstić information content (AvgIpc) is 3.50. The lowest BCUT2D eigenvalue weighted by Crippen LogP contribution is -2.53. The molecule has 1 aromatic heterocycles. The Bertz CT molecular complexity index is 1290. The van der Waals surface area contributed by atoms with Crippen molar-refractivity contribution in [2.75, 3.05) is 58.9 Å². The third kappa shape index (κ3) is 4.98. The zero-order chi connectivity index (χ0) is 25.5. The second-order valence-electron chi connectivity index (χ2n) is 9.66. The highest BCUT2D eigenvalue weighted by molar-refractivity contribution is 9.10. The Morgan fingerprint density at radius 3 is 2.62 bits per heavy atom. The van der Waals surface area contributed by atoms with Crippen LogP contribution in [0.1, 0.15) is 0 Å². The predicted molar refractivity (Wildman–Crippen MR) is 145 cm³/mol. The fourth-order valence-corrected chi connectivity index (χ4v) is 5.73. The lowest BCUT2D eigenvalue weighted by molar-refractivity contribution is 0.0121. The Labute approximate surface area is 229 Å². The molecule has 4 atom stereocenters. The van der Waals surface area contributed by atoms with Crippen LogP contribution >= 0.6 is 27.5 Å². The molecule has 0 radical (unpaired) electrons. The number of piperazine rings is 1. The molecular formula is C26H29BrClN5O4.